The molecule has 0 unspecified atom stereocenters. The summed E-state index contributed by atoms with van der Waals surface area (Å²) in [5, 5.41) is 6.01. The molecule has 2 N–H and O–H groups in total. The Morgan fingerprint density at radius 3 is 2.34 bits per heavy atom. The highest BCUT2D eigenvalue weighted by atomic mass is 16.5. The van der Waals surface area contributed by atoms with Crippen molar-refractivity contribution in [3.05, 3.63) is 65.2 Å². The molecule has 2 amide bonds. The van der Waals surface area contributed by atoms with Gasteiger partial charge >= 0.3 is 0 Å². The lowest BCUT2D eigenvalue weighted by Crippen LogP contribution is -2.41. The van der Waals surface area contributed by atoms with E-state index in [0.29, 0.717) is 19.3 Å². The third kappa shape index (κ3) is 6.93. The molecule has 0 heterocycles. The number of carbonyl (C=O) groups excluding carboxylic acids is 2. The second-order valence-electron chi connectivity index (χ2n) is 8.08. The second-order valence-corrected chi connectivity index (χ2v) is 8.08. The van der Waals surface area contributed by atoms with Gasteiger partial charge in [0.1, 0.15) is 5.75 Å². The lowest BCUT2D eigenvalue weighted by Gasteiger charge is -2.28. The van der Waals surface area contributed by atoms with Crippen molar-refractivity contribution in [2.45, 2.75) is 58.5 Å². The number of carbonyl (C=O) groups is 2. The topological polar surface area (TPSA) is 67.4 Å². The fourth-order valence-electron chi connectivity index (χ4n) is 3.23. The molecule has 0 atom stereocenters. The summed E-state index contributed by atoms with van der Waals surface area (Å²) in [6.07, 6.45) is 1.35. The van der Waals surface area contributed by atoms with Gasteiger partial charge in [-0.05, 0) is 56.9 Å². The van der Waals surface area contributed by atoms with Crippen molar-refractivity contribution < 1.29 is 14.3 Å². The lowest BCUT2D eigenvalue weighted by molar-refractivity contribution is -0.122. The zero-order valence-electron chi connectivity index (χ0n) is 18.0. The van der Waals surface area contributed by atoms with Gasteiger partial charge in [-0.25, -0.2) is 0 Å². The smallest absolute Gasteiger partial charge is 0.225 e. The zero-order chi connectivity index (χ0) is 21.4. The average Bonchev–Trinajstić information content (AvgIpc) is 2.65. The number of nitrogens with one attached hydrogen (secondary N) is 2. The first-order valence-corrected chi connectivity index (χ1v) is 10.0. The van der Waals surface area contributed by atoms with Crippen molar-refractivity contribution in [2.24, 2.45) is 0 Å². The predicted molar refractivity (Wildman–Crippen MR) is 116 cm³/mol. The molecular formula is C24H32N2O3. The highest BCUT2D eigenvalue weighted by Gasteiger charge is 2.24. The highest BCUT2D eigenvalue weighted by Crippen LogP contribution is 2.28. The van der Waals surface area contributed by atoms with E-state index in [-0.39, 0.29) is 17.9 Å². The Balaban J connectivity index is 2.06. The van der Waals surface area contributed by atoms with Crippen molar-refractivity contribution in [3.8, 4) is 5.75 Å². The first-order valence-electron chi connectivity index (χ1n) is 10.0. The van der Waals surface area contributed by atoms with E-state index in [1.54, 1.807) is 7.11 Å². The van der Waals surface area contributed by atoms with E-state index in [9.17, 15) is 9.59 Å². The Morgan fingerprint density at radius 2 is 1.72 bits per heavy atom. The van der Waals surface area contributed by atoms with Crippen LogP contribution in [0.2, 0.25) is 0 Å². The molecular weight excluding hydrogens is 364 g/mol. The van der Waals surface area contributed by atoms with E-state index >= 15 is 0 Å². The quantitative estimate of drug-likeness (QED) is 0.678. The molecule has 29 heavy (non-hydrogen) atoms. The Bertz CT molecular complexity index is 829. The van der Waals surface area contributed by atoms with E-state index in [1.807, 2.05) is 76.2 Å². The number of amides is 2. The van der Waals surface area contributed by atoms with Gasteiger partial charge in [-0.2, -0.15) is 0 Å². The first kappa shape index (κ1) is 22.5. The van der Waals surface area contributed by atoms with E-state index in [1.165, 1.54) is 0 Å². The molecule has 0 aliphatic rings. The number of hydrogen-bond donors (Lipinski definition) is 2. The summed E-state index contributed by atoms with van der Waals surface area (Å²) in [4.78, 5) is 24.4. The summed E-state index contributed by atoms with van der Waals surface area (Å²) in [6.45, 7) is 7.84. The average molecular weight is 397 g/mol. The second kappa shape index (κ2) is 10.1. The summed E-state index contributed by atoms with van der Waals surface area (Å²) >= 11 is 0. The summed E-state index contributed by atoms with van der Waals surface area (Å²) in [7, 11) is 1.62. The van der Waals surface area contributed by atoms with Crippen LogP contribution >= 0.6 is 0 Å². The van der Waals surface area contributed by atoms with E-state index < -0.39 is 5.54 Å². The molecule has 0 bridgehead atoms. The molecule has 5 nitrogen and oxygen atoms in total. The molecule has 2 aromatic rings. The minimum Gasteiger partial charge on any atom is -0.496 e. The SMILES string of the molecule is COc1cc(C(C)(C)NC(=O)Cc2ccccc2)ccc1CCC(=O)NC(C)C. The monoisotopic (exact) mass is 396 g/mol. The fourth-order valence-corrected chi connectivity index (χ4v) is 3.23. The number of rotatable bonds is 9. The van der Waals surface area contributed by atoms with Crippen LogP contribution in [0.15, 0.2) is 48.5 Å². The van der Waals surface area contributed by atoms with E-state index in [0.717, 1.165) is 22.4 Å². The maximum absolute atomic E-state index is 12.5. The number of benzene rings is 2. The van der Waals surface area contributed by atoms with Crippen LogP contribution < -0.4 is 15.4 Å². The third-order valence-electron chi connectivity index (χ3n) is 4.74. The Kier molecular flexibility index (Phi) is 7.82. The van der Waals surface area contributed by atoms with Crippen LogP contribution in [0.3, 0.4) is 0 Å². The van der Waals surface area contributed by atoms with Crippen LogP contribution in [-0.2, 0) is 28.0 Å². The molecule has 0 saturated heterocycles. The first-order chi connectivity index (χ1) is 13.7. The molecule has 5 heteroatoms. The van der Waals surface area contributed by atoms with Crippen LogP contribution in [0.5, 0.6) is 5.75 Å². The maximum Gasteiger partial charge on any atom is 0.225 e. The molecule has 0 radical (unpaired) electrons. The van der Waals surface area contributed by atoms with Crippen LogP contribution in [-0.4, -0.2) is 25.0 Å². The molecule has 156 valence electrons. The van der Waals surface area contributed by atoms with Gasteiger partial charge in [0.05, 0.1) is 19.1 Å². The molecule has 0 saturated carbocycles. The Hall–Kier alpha value is -2.82. The van der Waals surface area contributed by atoms with Crippen molar-refractivity contribution in [2.75, 3.05) is 7.11 Å². The van der Waals surface area contributed by atoms with E-state index in [4.69, 9.17) is 4.74 Å². The number of methoxy groups -OCH3 is 1. The Labute approximate surface area is 173 Å². The van der Waals surface area contributed by atoms with Gasteiger partial charge in [-0.3, -0.25) is 9.59 Å². The summed E-state index contributed by atoms with van der Waals surface area (Å²) in [5.41, 5.74) is 2.35. The van der Waals surface area contributed by atoms with Gasteiger partial charge in [0.15, 0.2) is 0 Å². The van der Waals surface area contributed by atoms with Gasteiger partial charge in [0.2, 0.25) is 11.8 Å². The molecule has 0 aromatic heterocycles. The van der Waals surface area contributed by atoms with Gasteiger partial charge in [0, 0.05) is 12.5 Å². The Morgan fingerprint density at radius 1 is 1.03 bits per heavy atom. The van der Waals surface area contributed by atoms with Crippen molar-refractivity contribution in [1.29, 1.82) is 0 Å². The molecule has 0 fully saturated rings. The van der Waals surface area contributed by atoms with Gasteiger partial charge in [-0.15, -0.1) is 0 Å². The minimum atomic E-state index is -0.549. The molecule has 0 aliphatic heterocycles. The molecule has 2 rings (SSSR count). The predicted octanol–water partition coefficient (Wildman–Crippen LogP) is 3.75. The standard InChI is InChI=1S/C24H32N2O3/c1-17(2)25-22(27)14-12-19-11-13-20(16-21(19)29-5)24(3,4)26-23(28)15-18-9-7-6-8-10-18/h6-11,13,16-17H,12,14-15H2,1-5H3,(H,25,27)(H,26,28). The van der Waals surface area contributed by atoms with Gasteiger partial charge in [0.25, 0.3) is 0 Å². The van der Waals surface area contributed by atoms with Crippen molar-refractivity contribution >= 4 is 11.8 Å². The normalized spacial score (nSPS) is 11.2. The van der Waals surface area contributed by atoms with Crippen LogP contribution in [0.25, 0.3) is 0 Å². The summed E-state index contributed by atoms with van der Waals surface area (Å²) < 4.78 is 5.55. The number of ether oxygens (including phenoxy) is 1. The lowest BCUT2D eigenvalue weighted by atomic mass is 9.91. The molecule has 0 spiro atoms. The zero-order valence-corrected chi connectivity index (χ0v) is 18.0. The van der Waals surface area contributed by atoms with E-state index in [2.05, 4.69) is 10.6 Å². The van der Waals surface area contributed by atoms with Crippen molar-refractivity contribution in [1.82, 2.24) is 10.6 Å². The molecule has 2 aromatic carbocycles. The summed E-state index contributed by atoms with van der Waals surface area (Å²) in [6, 6.07) is 15.7. The van der Waals surface area contributed by atoms with Gasteiger partial charge in [-0.1, -0.05) is 42.5 Å². The van der Waals surface area contributed by atoms with Crippen molar-refractivity contribution in [3.63, 3.8) is 0 Å². The van der Waals surface area contributed by atoms with Crippen LogP contribution in [0.4, 0.5) is 0 Å². The maximum atomic E-state index is 12.5. The number of aryl methyl sites for hydroxylation is 1. The minimum absolute atomic E-state index is 0.0274. The molecule has 0 aliphatic carbocycles. The van der Waals surface area contributed by atoms with Gasteiger partial charge < -0.3 is 15.4 Å². The highest BCUT2D eigenvalue weighted by molar-refractivity contribution is 5.79. The number of hydrogen-bond acceptors (Lipinski definition) is 3. The fraction of sp³-hybridized carbons (Fsp3) is 0.417. The third-order valence-corrected chi connectivity index (χ3v) is 4.74. The summed E-state index contributed by atoms with van der Waals surface area (Å²) in [5.74, 6) is 0.722. The van der Waals surface area contributed by atoms with Crippen LogP contribution in [0.1, 0.15) is 50.8 Å². The largest absolute Gasteiger partial charge is 0.496 e. The van der Waals surface area contributed by atoms with Crippen LogP contribution in [0, 0.1) is 0 Å².